The van der Waals surface area contributed by atoms with Crippen molar-refractivity contribution in [1.82, 2.24) is 5.32 Å². The number of aryl methyl sites for hydroxylation is 2. The van der Waals surface area contributed by atoms with Crippen LogP contribution in [0.2, 0.25) is 0 Å². The zero-order valence-corrected chi connectivity index (χ0v) is 15.5. The smallest absolute Gasteiger partial charge is 0.255 e. The summed E-state index contributed by atoms with van der Waals surface area (Å²) in [6, 6.07) is 22.2. The summed E-state index contributed by atoms with van der Waals surface area (Å²) >= 11 is 0. The van der Waals surface area contributed by atoms with Crippen molar-refractivity contribution in [2.45, 2.75) is 20.4 Å². The van der Waals surface area contributed by atoms with E-state index < -0.39 is 0 Å². The van der Waals surface area contributed by atoms with Gasteiger partial charge in [-0.2, -0.15) is 0 Å². The Balaban J connectivity index is 1.61. The number of hydrogen-bond donors (Lipinski definition) is 2. The molecule has 4 nitrogen and oxygen atoms in total. The maximum absolute atomic E-state index is 12.4. The van der Waals surface area contributed by atoms with Crippen LogP contribution in [0.25, 0.3) is 0 Å². The number of anilines is 1. The van der Waals surface area contributed by atoms with Gasteiger partial charge in [-0.3, -0.25) is 9.59 Å². The molecule has 0 bridgehead atoms. The fourth-order valence-corrected chi connectivity index (χ4v) is 2.68. The Morgan fingerprint density at radius 1 is 0.741 bits per heavy atom. The molecule has 2 amide bonds. The average Bonchev–Trinajstić information content (AvgIpc) is 2.70. The van der Waals surface area contributed by atoms with Gasteiger partial charge in [-0.25, -0.2) is 0 Å². The van der Waals surface area contributed by atoms with Crippen molar-refractivity contribution in [2.75, 3.05) is 5.32 Å². The Kier molecular flexibility index (Phi) is 5.67. The summed E-state index contributed by atoms with van der Waals surface area (Å²) in [5.41, 5.74) is 5.13. The van der Waals surface area contributed by atoms with Gasteiger partial charge < -0.3 is 10.6 Å². The molecule has 0 aliphatic rings. The number of benzene rings is 3. The molecule has 0 atom stereocenters. The maximum atomic E-state index is 12.4. The molecule has 3 aromatic rings. The predicted molar refractivity (Wildman–Crippen MR) is 108 cm³/mol. The summed E-state index contributed by atoms with van der Waals surface area (Å²) in [7, 11) is 0. The van der Waals surface area contributed by atoms with E-state index in [1.807, 2.05) is 62.4 Å². The first-order chi connectivity index (χ1) is 13.0. The molecule has 0 saturated carbocycles. The van der Waals surface area contributed by atoms with Crippen LogP contribution in [0.4, 0.5) is 5.69 Å². The summed E-state index contributed by atoms with van der Waals surface area (Å²) in [4.78, 5) is 24.6. The van der Waals surface area contributed by atoms with Gasteiger partial charge in [-0.15, -0.1) is 0 Å². The molecule has 27 heavy (non-hydrogen) atoms. The molecule has 0 unspecified atom stereocenters. The number of nitrogens with one attached hydrogen (secondary N) is 2. The molecule has 0 spiro atoms. The first kappa shape index (κ1) is 18.4. The second kappa shape index (κ2) is 8.32. The van der Waals surface area contributed by atoms with E-state index in [-0.39, 0.29) is 11.8 Å². The number of hydrogen-bond acceptors (Lipinski definition) is 2. The normalized spacial score (nSPS) is 10.3. The van der Waals surface area contributed by atoms with Crippen molar-refractivity contribution >= 4 is 17.5 Å². The van der Waals surface area contributed by atoms with Crippen LogP contribution < -0.4 is 10.6 Å². The quantitative estimate of drug-likeness (QED) is 0.706. The van der Waals surface area contributed by atoms with Crippen molar-refractivity contribution in [3.05, 3.63) is 101 Å². The highest BCUT2D eigenvalue weighted by molar-refractivity contribution is 6.05. The van der Waals surface area contributed by atoms with E-state index in [1.165, 1.54) is 5.56 Å². The Hall–Kier alpha value is -3.40. The summed E-state index contributed by atoms with van der Waals surface area (Å²) in [6.45, 7) is 4.50. The topological polar surface area (TPSA) is 58.2 Å². The molecule has 3 rings (SSSR count). The Morgan fingerprint density at radius 2 is 1.37 bits per heavy atom. The van der Waals surface area contributed by atoms with E-state index in [0.29, 0.717) is 17.7 Å². The van der Waals surface area contributed by atoms with Crippen molar-refractivity contribution in [3.63, 3.8) is 0 Å². The minimum Gasteiger partial charge on any atom is -0.348 e. The molecular formula is C23H22N2O2. The van der Waals surface area contributed by atoms with Crippen molar-refractivity contribution < 1.29 is 9.59 Å². The van der Waals surface area contributed by atoms with Gasteiger partial charge in [-0.05, 0) is 66.9 Å². The summed E-state index contributed by atoms with van der Waals surface area (Å²) in [6.07, 6.45) is 0. The zero-order valence-electron chi connectivity index (χ0n) is 15.5. The molecule has 4 heteroatoms. The standard InChI is InChI=1S/C23H22N2O2/c1-16-8-13-21(14-17(16)2)25-23(27)20-11-9-19(10-12-20)22(26)24-15-18-6-4-3-5-7-18/h3-14H,15H2,1-2H3,(H,24,26)(H,25,27). The Labute approximate surface area is 159 Å². The van der Waals surface area contributed by atoms with Gasteiger partial charge in [0.15, 0.2) is 0 Å². The van der Waals surface area contributed by atoms with Gasteiger partial charge in [0, 0.05) is 23.4 Å². The minimum absolute atomic E-state index is 0.167. The van der Waals surface area contributed by atoms with Gasteiger partial charge in [-0.1, -0.05) is 36.4 Å². The molecule has 0 aliphatic heterocycles. The van der Waals surface area contributed by atoms with Gasteiger partial charge >= 0.3 is 0 Å². The van der Waals surface area contributed by atoms with Crippen LogP contribution in [-0.2, 0) is 6.54 Å². The molecule has 2 N–H and O–H groups in total. The van der Waals surface area contributed by atoms with Gasteiger partial charge in [0.1, 0.15) is 0 Å². The van der Waals surface area contributed by atoms with Crippen molar-refractivity contribution in [3.8, 4) is 0 Å². The van der Waals surface area contributed by atoms with Crippen LogP contribution in [0.15, 0.2) is 72.8 Å². The van der Waals surface area contributed by atoms with Crippen molar-refractivity contribution in [2.24, 2.45) is 0 Å². The lowest BCUT2D eigenvalue weighted by atomic mass is 10.1. The van der Waals surface area contributed by atoms with Crippen LogP contribution in [-0.4, -0.2) is 11.8 Å². The first-order valence-corrected chi connectivity index (χ1v) is 8.84. The summed E-state index contributed by atoms with van der Waals surface area (Å²) < 4.78 is 0. The number of carbonyl (C=O) groups excluding carboxylic acids is 2. The minimum atomic E-state index is -0.200. The molecule has 0 aliphatic carbocycles. The van der Waals surface area contributed by atoms with E-state index in [2.05, 4.69) is 10.6 Å². The molecule has 0 aromatic heterocycles. The molecular weight excluding hydrogens is 336 g/mol. The van der Waals surface area contributed by atoms with E-state index >= 15 is 0 Å². The lowest BCUT2D eigenvalue weighted by Gasteiger charge is -2.09. The zero-order chi connectivity index (χ0) is 19.2. The summed E-state index contributed by atoms with van der Waals surface area (Å²) in [5.74, 6) is -0.366. The lowest BCUT2D eigenvalue weighted by molar-refractivity contribution is 0.0949. The summed E-state index contributed by atoms with van der Waals surface area (Å²) in [5, 5.41) is 5.76. The third-order valence-corrected chi connectivity index (χ3v) is 4.47. The highest BCUT2D eigenvalue weighted by Gasteiger charge is 2.09. The molecule has 3 aromatic carbocycles. The first-order valence-electron chi connectivity index (χ1n) is 8.84. The van der Waals surface area contributed by atoms with E-state index in [0.717, 1.165) is 16.8 Å². The maximum Gasteiger partial charge on any atom is 0.255 e. The van der Waals surface area contributed by atoms with Crippen LogP contribution in [0, 0.1) is 13.8 Å². The van der Waals surface area contributed by atoms with Crippen molar-refractivity contribution in [1.29, 1.82) is 0 Å². The highest BCUT2D eigenvalue weighted by atomic mass is 16.2. The third kappa shape index (κ3) is 4.82. The number of amides is 2. The van der Waals surface area contributed by atoms with E-state index in [9.17, 15) is 9.59 Å². The highest BCUT2D eigenvalue weighted by Crippen LogP contribution is 2.15. The Bertz CT molecular complexity index is 948. The fourth-order valence-electron chi connectivity index (χ4n) is 2.68. The van der Waals surface area contributed by atoms with Gasteiger partial charge in [0.2, 0.25) is 0 Å². The monoisotopic (exact) mass is 358 g/mol. The van der Waals surface area contributed by atoms with Crippen LogP contribution >= 0.6 is 0 Å². The van der Waals surface area contributed by atoms with Crippen LogP contribution in [0.5, 0.6) is 0 Å². The molecule has 0 saturated heterocycles. The second-order valence-corrected chi connectivity index (χ2v) is 6.50. The van der Waals surface area contributed by atoms with Crippen LogP contribution in [0.1, 0.15) is 37.4 Å². The second-order valence-electron chi connectivity index (χ2n) is 6.50. The molecule has 136 valence electrons. The molecule has 0 radical (unpaired) electrons. The van der Waals surface area contributed by atoms with E-state index in [4.69, 9.17) is 0 Å². The Morgan fingerprint density at radius 3 is 2.00 bits per heavy atom. The number of rotatable bonds is 5. The number of carbonyl (C=O) groups is 2. The SMILES string of the molecule is Cc1ccc(NC(=O)c2ccc(C(=O)NCc3ccccc3)cc2)cc1C. The fraction of sp³-hybridized carbons (Fsp3) is 0.130. The molecule has 0 fully saturated rings. The lowest BCUT2D eigenvalue weighted by Crippen LogP contribution is -2.22. The predicted octanol–water partition coefficient (Wildman–Crippen LogP) is 4.49. The average molecular weight is 358 g/mol. The molecule has 0 heterocycles. The van der Waals surface area contributed by atoms with Gasteiger partial charge in [0.05, 0.1) is 0 Å². The van der Waals surface area contributed by atoms with Crippen LogP contribution in [0.3, 0.4) is 0 Å². The van der Waals surface area contributed by atoms with Gasteiger partial charge in [0.25, 0.3) is 11.8 Å². The third-order valence-electron chi connectivity index (χ3n) is 4.47. The van der Waals surface area contributed by atoms with E-state index in [1.54, 1.807) is 24.3 Å². The largest absolute Gasteiger partial charge is 0.348 e.